The summed E-state index contributed by atoms with van der Waals surface area (Å²) in [5.41, 5.74) is 0. The predicted molar refractivity (Wildman–Crippen MR) is 83.2 cm³/mol. The second kappa shape index (κ2) is 7.50. The second-order valence-electron chi connectivity index (χ2n) is 6.12. The summed E-state index contributed by atoms with van der Waals surface area (Å²) in [6.07, 6.45) is 2.59. The quantitative estimate of drug-likeness (QED) is 0.877. The fraction of sp³-hybridized carbons (Fsp3) is 0.688. The lowest BCUT2D eigenvalue weighted by atomic mass is 10.0. The van der Waals surface area contributed by atoms with E-state index in [0.29, 0.717) is 6.54 Å². The Labute approximate surface area is 127 Å². The third-order valence-electron chi connectivity index (χ3n) is 3.99. The van der Waals surface area contributed by atoms with E-state index in [2.05, 4.69) is 22.5 Å². The Kier molecular flexibility index (Phi) is 5.67. The van der Waals surface area contributed by atoms with Gasteiger partial charge in [0.25, 0.3) is 0 Å². The third-order valence-corrected chi connectivity index (χ3v) is 3.99. The van der Waals surface area contributed by atoms with Crippen molar-refractivity contribution in [1.82, 2.24) is 15.5 Å². The lowest BCUT2D eigenvalue weighted by Crippen LogP contribution is -2.43. The zero-order chi connectivity index (χ0) is 15.2. The van der Waals surface area contributed by atoms with Crippen molar-refractivity contribution in [1.29, 1.82) is 0 Å². The number of aryl methyl sites for hydroxylation is 1. The van der Waals surface area contributed by atoms with Crippen LogP contribution in [-0.2, 0) is 0 Å². The molecular formula is C16H27N3O2. The van der Waals surface area contributed by atoms with Gasteiger partial charge in [-0.3, -0.25) is 0 Å². The molecule has 0 saturated carbocycles. The Morgan fingerprint density at radius 3 is 3.00 bits per heavy atom. The first kappa shape index (κ1) is 15.9. The highest BCUT2D eigenvalue weighted by molar-refractivity contribution is 5.74. The number of rotatable bonds is 5. The monoisotopic (exact) mass is 293 g/mol. The highest BCUT2D eigenvalue weighted by Crippen LogP contribution is 2.15. The summed E-state index contributed by atoms with van der Waals surface area (Å²) in [7, 11) is 0. The van der Waals surface area contributed by atoms with Crippen LogP contribution in [0, 0.1) is 12.8 Å². The molecule has 5 nitrogen and oxygen atoms in total. The number of hydrogen-bond acceptors (Lipinski definition) is 3. The molecule has 1 aliphatic rings. The van der Waals surface area contributed by atoms with Crippen molar-refractivity contribution in [2.24, 2.45) is 5.92 Å². The van der Waals surface area contributed by atoms with Crippen molar-refractivity contribution in [3.05, 3.63) is 23.7 Å². The van der Waals surface area contributed by atoms with E-state index in [4.69, 9.17) is 4.42 Å². The van der Waals surface area contributed by atoms with E-state index >= 15 is 0 Å². The van der Waals surface area contributed by atoms with E-state index in [1.165, 1.54) is 12.8 Å². The average molecular weight is 293 g/mol. The number of nitrogens with one attached hydrogen (secondary N) is 2. The standard InChI is InChI=1S/C16H27N3O2/c1-12-5-4-9-19(11-12)10-8-17-16(20)18-14(3)15-7-6-13(2)21-15/h6-7,12,14H,4-5,8-11H2,1-3H3,(H2,17,18,20). The molecule has 2 atom stereocenters. The van der Waals surface area contributed by atoms with Crippen molar-refractivity contribution in [3.63, 3.8) is 0 Å². The van der Waals surface area contributed by atoms with Gasteiger partial charge in [0.05, 0.1) is 6.04 Å². The van der Waals surface area contributed by atoms with Crippen LogP contribution in [0.4, 0.5) is 4.79 Å². The molecule has 1 aromatic rings. The molecule has 2 amide bonds. The van der Waals surface area contributed by atoms with Crippen LogP contribution in [0.1, 0.15) is 44.3 Å². The van der Waals surface area contributed by atoms with Crippen molar-refractivity contribution >= 4 is 6.03 Å². The number of amides is 2. The van der Waals surface area contributed by atoms with E-state index < -0.39 is 0 Å². The molecule has 1 aromatic heterocycles. The summed E-state index contributed by atoms with van der Waals surface area (Å²) >= 11 is 0. The highest BCUT2D eigenvalue weighted by Gasteiger charge is 2.16. The van der Waals surface area contributed by atoms with Gasteiger partial charge in [-0.15, -0.1) is 0 Å². The van der Waals surface area contributed by atoms with E-state index in [9.17, 15) is 4.79 Å². The molecule has 0 bridgehead atoms. The van der Waals surface area contributed by atoms with Crippen LogP contribution in [0.2, 0.25) is 0 Å². The SMILES string of the molecule is Cc1ccc(C(C)NC(=O)NCCN2CCCC(C)C2)o1. The Morgan fingerprint density at radius 1 is 1.52 bits per heavy atom. The first-order chi connectivity index (χ1) is 10.0. The molecule has 2 rings (SSSR count). The molecule has 0 aromatic carbocycles. The summed E-state index contributed by atoms with van der Waals surface area (Å²) in [6, 6.07) is 3.55. The minimum absolute atomic E-state index is 0.117. The zero-order valence-electron chi connectivity index (χ0n) is 13.3. The van der Waals surface area contributed by atoms with Gasteiger partial charge < -0.3 is 20.0 Å². The molecule has 1 saturated heterocycles. The molecule has 1 fully saturated rings. The topological polar surface area (TPSA) is 57.5 Å². The molecular weight excluding hydrogens is 266 g/mol. The molecule has 118 valence electrons. The number of nitrogens with zero attached hydrogens (tertiary/aromatic N) is 1. The number of carbonyl (C=O) groups excluding carboxylic acids is 1. The molecule has 2 unspecified atom stereocenters. The maximum Gasteiger partial charge on any atom is 0.315 e. The minimum Gasteiger partial charge on any atom is -0.464 e. The molecule has 0 aliphatic carbocycles. The Morgan fingerprint density at radius 2 is 2.33 bits per heavy atom. The summed E-state index contributed by atoms with van der Waals surface area (Å²) in [4.78, 5) is 14.3. The van der Waals surface area contributed by atoms with Gasteiger partial charge in [-0.05, 0) is 51.3 Å². The molecule has 5 heteroatoms. The third kappa shape index (κ3) is 5.08. The summed E-state index contributed by atoms with van der Waals surface area (Å²) in [5.74, 6) is 2.42. The summed E-state index contributed by atoms with van der Waals surface area (Å²) in [6.45, 7) is 10.0. The highest BCUT2D eigenvalue weighted by atomic mass is 16.3. The van der Waals surface area contributed by atoms with Crippen molar-refractivity contribution in [3.8, 4) is 0 Å². The molecule has 1 aliphatic heterocycles. The Bertz CT molecular complexity index is 458. The Hall–Kier alpha value is -1.49. The van der Waals surface area contributed by atoms with Gasteiger partial charge in [0.1, 0.15) is 11.5 Å². The van der Waals surface area contributed by atoms with Crippen LogP contribution in [0.15, 0.2) is 16.5 Å². The fourth-order valence-electron chi connectivity index (χ4n) is 2.82. The van der Waals surface area contributed by atoms with Crippen LogP contribution < -0.4 is 10.6 Å². The second-order valence-corrected chi connectivity index (χ2v) is 6.12. The van der Waals surface area contributed by atoms with Gasteiger partial charge in [0, 0.05) is 19.6 Å². The number of hydrogen-bond donors (Lipinski definition) is 2. The first-order valence-electron chi connectivity index (χ1n) is 7.87. The van der Waals surface area contributed by atoms with Crippen molar-refractivity contribution < 1.29 is 9.21 Å². The smallest absolute Gasteiger partial charge is 0.315 e. The van der Waals surface area contributed by atoms with E-state index in [1.807, 2.05) is 26.0 Å². The molecule has 0 radical (unpaired) electrons. The van der Waals surface area contributed by atoms with Crippen molar-refractivity contribution in [2.75, 3.05) is 26.2 Å². The van der Waals surface area contributed by atoms with Crippen LogP contribution in [0.5, 0.6) is 0 Å². The number of carbonyl (C=O) groups is 1. The van der Waals surface area contributed by atoms with E-state index in [-0.39, 0.29) is 12.1 Å². The van der Waals surface area contributed by atoms with Crippen LogP contribution in [0.3, 0.4) is 0 Å². The molecule has 2 heterocycles. The first-order valence-corrected chi connectivity index (χ1v) is 7.87. The lowest BCUT2D eigenvalue weighted by molar-refractivity contribution is 0.183. The Balaban J connectivity index is 1.65. The van der Waals surface area contributed by atoms with Gasteiger partial charge in [0.15, 0.2) is 0 Å². The number of urea groups is 1. The van der Waals surface area contributed by atoms with E-state index in [1.54, 1.807) is 0 Å². The summed E-state index contributed by atoms with van der Waals surface area (Å²) < 4.78 is 5.51. The molecule has 21 heavy (non-hydrogen) atoms. The number of furan rings is 1. The van der Waals surface area contributed by atoms with Crippen LogP contribution in [0.25, 0.3) is 0 Å². The normalized spacial score (nSPS) is 21.0. The van der Waals surface area contributed by atoms with Gasteiger partial charge in [0.2, 0.25) is 0 Å². The van der Waals surface area contributed by atoms with Crippen LogP contribution >= 0.6 is 0 Å². The average Bonchev–Trinajstić information content (AvgIpc) is 2.85. The minimum atomic E-state index is -0.137. The van der Waals surface area contributed by atoms with Crippen molar-refractivity contribution in [2.45, 2.75) is 39.7 Å². The molecule has 0 spiro atoms. The van der Waals surface area contributed by atoms with Gasteiger partial charge >= 0.3 is 6.03 Å². The van der Waals surface area contributed by atoms with Gasteiger partial charge in [-0.2, -0.15) is 0 Å². The summed E-state index contributed by atoms with van der Waals surface area (Å²) in [5, 5.41) is 5.81. The number of likely N-dealkylation sites (tertiary alicyclic amines) is 1. The number of piperidine rings is 1. The maximum atomic E-state index is 11.9. The molecule has 2 N–H and O–H groups in total. The maximum absolute atomic E-state index is 11.9. The largest absolute Gasteiger partial charge is 0.464 e. The van der Waals surface area contributed by atoms with Gasteiger partial charge in [-0.1, -0.05) is 6.92 Å². The van der Waals surface area contributed by atoms with E-state index in [0.717, 1.165) is 37.1 Å². The lowest BCUT2D eigenvalue weighted by Gasteiger charge is -2.30. The zero-order valence-corrected chi connectivity index (χ0v) is 13.3. The fourth-order valence-corrected chi connectivity index (χ4v) is 2.82. The predicted octanol–water partition coefficient (Wildman–Crippen LogP) is 2.68. The van der Waals surface area contributed by atoms with Crippen LogP contribution in [-0.4, -0.2) is 37.1 Å². The van der Waals surface area contributed by atoms with Gasteiger partial charge in [-0.25, -0.2) is 4.79 Å².